The van der Waals surface area contributed by atoms with Crippen molar-refractivity contribution in [3.63, 3.8) is 0 Å². The molecule has 0 heterocycles. The van der Waals surface area contributed by atoms with Gasteiger partial charge in [-0.25, -0.2) is 0 Å². The van der Waals surface area contributed by atoms with Crippen LogP contribution in [0.5, 0.6) is 0 Å². The van der Waals surface area contributed by atoms with Crippen LogP contribution in [0.15, 0.2) is 0 Å². The van der Waals surface area contributed by atoms with Crippen molar-refractivity contribution >= 4 is 21.5 Å². The molecule has 0 saturated heterocycles. The van der Waals surface area contributed by atoms with E-state index in [1.54, 1.807) is 0 Å². The predicted molar refractivity (Wildman–Crippen MR) is 47.0 cm³/mol. The number of carbonyl (C=O) groups excluding carboxylic acids is 1. The molecule has 0 spiro atoms. The van der Waals surface area contributed by atoms with Crippen LogP contribution in [0.2, 0.25) is 5.02 Å². The molecule has 0 aliphatic heterocycles. The monoisotopic (exact) mass is 274 g/mol. The summed E-state index contributed by atoms with van der Waals surface area (Å²) in [4.78, 5) is 10.9. The first kappa shape index (κ1) is 14.1. The van der Waals surface area contributed by atoms with Crippen LogP contribution in [-0.4, -0.2) is 10.2 Å². The van der Waals surface area contributed by atoms with E-state index in [-0.39, 0.29) is 27.1 Å². The summed E-state index contributed by atoms with van der Waals surface area (Å²) in [5, 5.41) is 1.04. The normalized spacial score (nSPS) is 9.45. The Balaban J connectivity index is 0. The maximum atomic E-state index is 10.9. The fourth-order valence-electron chi connectivity index (χ4n) is 0.597. The van der Waals surface area contributed by atoms with Gasteiger partial charge in [0.25, 0.3) is 0 Å². The Kier molecular flexibility index (Phi) is 7.87. The van der Waals surface area contributed by atoms with Crippen molar-refractivity contribution in [2.75, 3.05) is 0 Å². The molecule has 11 heavy (non-hydrogen) atoms. The molecule has 0 aromatic rings. The first-order valence-corrected chi connectivity index (χ1v) is 7.25. The minimum atomic E-state index is -0.987. The summed E-state index contributed by atoms with van der Waals surface area (Å²) in [5.74, 6) is 0. The number of hydrogen-bond acceptors (Lipinski definition) is 2. The second-order valence-corrected chi connectivity index (χ2v) is 7.69. The first-order chi connectivity index (χ1) is 4.45. The second kappa shape index (κ2) is 6.13. The van der Waals surface area contributed by atoms with Crippen LogP contribution in [0, 0.1) is 0 Å². The van der Waals surface area contributed by atoms with Gasteiger partial charge < -0.3 is 0 Å². The summed E-state index contributed by atoms with van der Waals surface area (Å²) in [7, 11) is 0. The Morgan fingerprint density at radius 2 is 1.91 bits per heavy atom. The molecule has 0 aliphatic carbocycles. The Bertz CT molecular complexity index is 120. The van der Waals surface area contributed by atoms with Crippen molar-refractivity contribution < 1.29 is 26.7 Å². The van der Waals surface area contributed by atoms with Gasteiger partial charge in [0.2, 0.25) is 0 Å². The molecule has 0 atom stereocenters. The van der Waals surface area contributed by atoms with Gasteiger partial charge in [-0.2, -0.15) is 0 Å². The Labute approximate surface area is 86.4 Å². The molecule has 0 unspecified atom stereocenters. The average Bonchev–Trinajstić information content (AvgIpc) is 1.59. The molecule has 4 heteroatoms. The van der Waals surface area contributed by atoms with E-state index in [4.69, 9.17) is 4.74 Å². The zero-order valence-electron chi connectivity index (χ0n) is 7.64. The number of ether oxygens (including phenoxy) is 1. The van der Waals surface area contributed by atoms with Gasteiger partial charge in [-0.15, -0.1) is 17.0 Å². The topological polar surface area (TPSA) is 26.3 Å². The van der Waals surface area contributed by atoms with Crippen LogP contribution >= 0.6 is 17.0 Å². The number of rotatable bonds is 2. The van der Waals surface area contributed by atoms with Crippen LogP contribution in [0.3, 0.4) is 0 Å². The van der Waals surface area contributed by atoms with Gasteiger partial charge in [0.05, 0.1) is 0 Å². The summed E-state index contributed by atoms with van der Waals surface area (Å²) in [5.41, 5.74) is -0.280. The third-order valence-electron chi connectivity index (χ3n) is 0.874. The third kappa shape index (κ3) is 10.6. The van der Waals surface area contributed by atoms with Gasteiger partial charge in [-0.3, -0.25) is 0 Å². The number of halogens is 1. The van der Waals surface area contributed by atoms with Crippen molar-refractivity contribution in [3.05, 3.63) is 0 Å². The van der Waals surface area contributed by atoms with E-state index in [0.29, 0.717) is 0 Å². The summed E-state index contributed by atoms with van der Waals surface area (Å²) in [6, 6.07) is 0. The zero-order chi connectivity index (χ0) is 8.20. The van der Waals surface area contributed by atoms with Gasteiger partial charge in [-0.05, 0) is 0 Å². The van der Waals surface area contributed by atoms with Gasteiger partial charge in [-0.1, -0.05) is 0 Å². The summed E-state index contributed by atoms with van der Waals surface area (Å²) in [6.45, 7) is 7.76. The quantitative estimate of drug-likeness (QED) is 0.725. The molecule has 2 nitrogen and oxygen atoms in total. The number of hydrogen-bond donors (Lipinski definition) is 0. The van der Waals surface area contributed by atoms with Crippen molar-refractivity contribution in [2.45, 2.75) is 38.3 Å². The van der Waals surface area contributed by atoms with Crippen molar-refractivity contribution in [1.29, 1.82) is 0 Å². The predicted octanol–water partition coefficient (Wildman–Crippen LogP) is 3.02. The van der Waals surface area contributed by atoms with Crippen molar-refractivity contribution in [2.24, 2.45) is 0 Å². The molecular weight excluding hydrogens is 261 g/mol. The molecule has 0 aromatic carbocycles. The molecule has 64 valence electrons. The van der Waals surface area contributed by atoms with E-state index in [1.807, 2.05) is 27.7 Å². The standard InChI is InChI=1S/C5H9O2.C2H5.BrH.Zn/c1-5(2,3)7-4-6;1-2;;/h1-3H3;1H2,2H3;1H;. The Hall–Kier alpha value is 0.573. The SMILES string of the molecule is Br.C[CH2][Zn][C](=O)OC(C)(C)C. The molecular formula is C7H15BrO2Zn. The molecule has 0 aliphatic rings. The molecule has 0 amide bonds. The molecule has 0 N–H and O–H groups in total. The molecule has 0 rings (SSSR count). The van der Waals surface area contributed by atoms with Crippen LogP contribution in [-0.2, 0) is 21.9 Å². The van der Waals surface area contributed by atoms with E-state index in [2.05, 4.69) is 0 Å². The van der Waals surface area contributed by atoms with Gasteiger partial charge in [0.1, 0.15) is 0 Å². The van der Waals surface area contributed by atoms with Gasteiger partial charge in [0, 0.05) is 0 Å². The van der Waals surface area contributed by atoms with Crippen LogP contribution < -0.4 is 0 Å². The third-order valence-corrected chi connectivity index (χ3v) is 3.08. The van der Waals surface area contributed by atoms with Crippen LogP contribution in [0.1, 0.15) is 27.7 Å². The van der Waals surface area contributed by atoms with Crippen molar-refractivity contribution in [3.8, 4) is 0 Å². The fourth-order valence-corrected chi connectivity index (χ4v) is 2.58. The summed E-state index contributed by atoms with van der Waals surface area (Å²) < 4.78 is 5.21. The van der Waals surface area contributed by atoms with E-state index in [9.17, 15) is 4.79 Å². The van der Waals surface area contributed by atoms with Gasteiger partial charge in [0.15, 0.2) is 0 Å². The van der Waals surface area contributed by atoms with E-state index in [0.717, 1.165) is 5.02 Å². The molecule has 0 fully saturated rings. The van der Waals surface area contributed by atoms with Crippen LogP contribution in [0.25, 0.3) is 0 Å². The van der Waals surface area contributed by atoms with E-state index < -0.39 is 17.1 Å². The Morgan fingerprint density at radius 1 is 1.45 bits per heavy atom. The molecule has 0 aromatic heterocycles. The van der Waals surface area contributed by atoms with Crippen LogP contribution in [0.4, 0.5) is 4.79 Å². The molecule has 0 bridgehead atoms. The number of carbonyl (C=O) groups is 1. The van der Waals surface area contributed by atoms with Crippen molar-refractivity contribution in [1.82, 2.24) is 0 Å². The molecule has 0 radical (unpaired) electrons. The minimum absolute atomic E-state index is 0. The fraction of sp³-hybridized carbons (Fsp3) is 0.857. The maximum absolute atomic E-state index is 10.9. The average molecular weight is 276 g/mol. The van der Waals surface area contributed by atoms with E-state index in [1.165, 1.54) is 0 Å². The summed E-state index contributed by atoms with van der Waals surface area (Å²) in [6.07, 6.45) is 0. The van der Waals surface area contributed by atoms with Gasteiger partial charge >= 0.3 is 69.5 Å². The second-order valence-electron chi connectivity index (χ2n) is 3.34. The molecule has 0 saturated carbocycles. The Morgan fingerprint density at radius 3 is 2.18 bits per heavy atom. The summed E-state index contributed by atoms with van der Waals surface area (Å²) >= 11 is -0.987. The zero-order valence-corrected chi connectivity index (χ0v) is 12.3. The first-order valence-electron chi connectivity index (χ1n) is 3.67. The van der Waals surface area contributed by atoms with E-state index >= 15 is 0 Å².